The normalized spacial score (nSPS) is 34.3. The number of allylic oxidation sites excluding steroid dienone is 2. The van der Waals surface area contributed by atoms with E-state index < -0.39 is 74.6 Å². The van der Waals surface area contributed by atoms with Gasteiger partial charge in [-0.15, -0.1) is 5.10 Å². The molecule has 290 valence electrons. The van der Waals surface area contributed by atoms with E-state index in [1.807, 2.05) is 26.8 Å². The molecule has 54 heavy (non-hydrogen) atoms. The Morgan fingerprint density at radius 2 is 1.69 bits per heavy atom. The number of fused-ring (bicyclic) bond motifs is 5. The molecule has 2 aromatic rings. The lowest BCUT2D eigenvalue weighted by molar-refractivity contribution is -0.183. The molecule has 1 heterocycles. The van der Waals surface area contributed by atoms with Gasteiger partial charge in [-0.2, -0.15) is 0 Å². The van der Waals surface area contributed by atoms with Crippen molar-refractivity contribution in [3.63, 3.8) is 0 Å². The number of carbonyl (C=O) groups excluding carboxylic acids is 5. The summed E-state index contributed by atoms with van der Waals surface area (Å²) in [7, 11) is 0. The zero-order valence-electron chi connectivity index (χ0n) is 32.3. The van der Waals surface area contributed by atoms with Crippen molar-refractivity contribution in [3.05, 3.63) is 65.0 Å². The van der Waals surface area contributed by atoms with Crippen LogP contribution in [-0.2, 0) is 28.7 Å². The lowest BCUT2D eigenvalue weighted by atomic mass is 9.38. The molecule has 3 saturated carbocycles. The van der Waals surface area contributed by atoms with E-state index in [2.05, 4.69) is 10.3 Å². The zero-order valence-corrected chi connectivity index (χ0v) is 33.1. The van der Waals surface area contributed by atoms with E-state index in [-0.39, 0.29) is 42.4 Å². The minimum atomic E-state index is -2.06. The minimum Gasteiger partial charge on any atom is -0.456 e. The van der Waals surface area contributed by atoms with E-state index in [1.165, 1.54) is 36.9 Å². The van der Waals surface area contributed by atoms with E-state index >= 15 is 0 Å². The third-order valence-electron chi connectivity index (χ3n) is 13.6. The fraction of sp³-hybridized carbons (Fsp3) is 0.585. The lowest BCUT2D eigenvalue weighted by Crippen LogP contribution is -2.65. The first-order chi connectivity index (χ1) is 24.9. The van der Waals surface area contributed by atoms with Gasteiger partial charge in [-0.3, -0.25) is 19.2 Å². The molecule has 0 spiro atoms. The van der Waals surface area contributed by atoms with E-state index in [1.54, 1.807) is 52.0 Å². The summed E-state index contributed by atoms with van der Waals surface area (Å²) in [5, 5.41) is 32.3. The first kappa shape index (κ1) is 39.7. The topological polar surface area (TPSA) is 175 Å². The molecule has 13 heteroatoms. The van der Waals surface area contributed by atoms with Crippen LogP contribution in [0, 0.1) is 39.4 Å². The third kappa shape index (κ3) is 6.09. The Morgan fingerprint density at radius 3 is 2.31 bits per heavy atom. The molecule has 12 nitrogen and oxygen atoms in total. The second-order valence-corrected chi connectivity index (χ2v) is 18.1. The maximum atomic E-state index is 14.8. The zero-order chi connectivity index (χ0) is 40.0. The van der Waals surface area contributed by atoms with Crippen molar-refractivity contribution < 1.29 is 43.7 Å². The van der Waals surface area contributed by atoms with Gasteiger partial charge in [0.1, 0.15) is 17.0 Å². The highest BCUT2D eigenvalue weighted by Crippen LogP contribution is 2.74. The van der Waals surface area contributed by atoms with Crippen LogP contribution in [0.2, 0.25) is 5.02 Å². The van der Waals surface area contributed by atoms with Crippen molar-refractivity contribution >= 4 is 40.9 Å². The van der Waals surface area contributed by atoms with Crippen molar-refractivity contribution in [1.29, 1.82) is 0 Å². The highest BCUT2D eigenvalue weighted by Gasteiger charge is 2.74. The van der Waals surface area contributed by atoms with Gasteiger partial charge < -0.3 is 19.7 Å². The van der Waals surface area contributed by atoms with Gasteiger partial charge in [-0.05, 0) is 113 Å². The van der Waals surface area contributed by atoms with Crippen LogP contribution >= 0.6 is 11.6 Å². The highest BCUT2D eigenvalue weighted by molar-refractivity contribution is 6.30. The number of hydrogen-bond acceptors (Lipinski definition) is 11. The molecule has 4 aliphatic carbocycles. The van der Waals surface area contributed by atoms with Crippen molar-refractivity contribution in [1.82, 2.24) is 15.0 Å². The number of benzene rings is 1. The van der Waals surface area contributed by atoms with Crippen molar-refractivity contribution in [2.75, 3.05) is 0 Å². The smallest absolute Gasteiger partial charge is 0.361 e. The predicted molar refractivity (Wildman–Crippen MR) is 197 cm³/mol. The van der Waals surface area contributed by atoms with Gasteiger partial charge in [0.25, 0.3) is 0 Å². The number of Topliss-reactive ketones (excluding diaryl/α,β-unsaturated/α-hetero) is 2. The first-order valence-electron chi connectivity index (χ1n) is 18.4. The van der Waals surface area contributed by atoms with E-state index in [9.17, 15) is 34.2 Å². The van der Waals surface area contributed by atoms with Gasteiger partial charge in [0.15, 0.2) is 23.4 Å². The predicted octanol–water partition coefficient (Wildman–Crippen LogP) is 5.60. The number of esters is 2. The van der Waals surface area contributed by atoms with Crippen LogP contribution in [0.4, 0.5) is 0 Å². The standard InChI is InChI=1S/C41H50ClN3O9/c1-22(46)54-36(2,3)17-16-31(48)41(9,52)33-28(47)19-38(6)30-15-14-25-26(40(30,8)32(49)20-39(33,38)7)18-29(34(50)37(25,4)5)53-35(51)27-21-45(44-43-27)24-12-10-23(42)11-13-24/h10-14,16-17,21,26,28-30,33,47,52H,15,18-20H2,1-9H3/b17-16+/t26-,28-,29+,30+,33+,38+,39-,40+,41+/m1/s1. The van der Waals surface area contributed by atoms with E-state index in [0.717, 1.165) is 5.57 Å². The molecule has 0 amide bonds. The first-order valence-corrected chi connectivity index (χ1v) is 18.8. The fourth-order valence-corrected chi connectivity index (χ4v) is 10.9. The summed E-state index contributed by atoms with van der Waals surface area (Å²) in [4.78, 5) is 67.6. The molecule has 4 aliphatic rings. The number of rotatable bonds is 8. The largest absolute Gasteiger partial charge is 0.456 e. The minimum absolute atomic E-state index is 0.0271. The van der Waals surface area contributed by atoms with Crippen LogP contribution in [0.25, 0.3) is 5.69 Å². The number of aromatic nitrogens is 3. The molecule has 1 aromatic heterocycles. The monoisotopic (exact) mass is 763 g/mol. The molecule has 2 N–H and O–H groups in total. The van der Waals surface area contributed by atoms with Crippen LogP contribution in [0.3, 0.4) is 0 Å². The molecule has 9 atom stereocenters. The van der Waals surface area contributed by atoms with Crippen LogP contribution in [-0.4, -0.2) is 77.9 Å². The molecule has 0 saturated heterocycles. The van der Waals surface area contributed by atoms with Gasteiger partial charge in [-0.25, -0.2) is 9.48 Å². The summed E-state index contributed by atoms with van der Waals surface area (Å²) in [6.45, 7) is 15.3. The average Bonchev–Trinajstić information content (AvgIpc) is 3.63. The summed E-state index contributed by atoms with van der Waals surface area (Å²) in [6.07, 6.45) is 4.49. The molecule has 0 unspecified atom stereocenters. The van der Waals surface area contributed by atoms with Gasteiger partial charge >= 0.3 is 11.9 Å². The van der Waals surface area contributed by atoms with Crippen LogP contribution in [0.5, 0.6) is 0 Å². The molecular formula is C41H50ClN3O9. The quantitative estimate of drug-likeness (QED) is 0.195. The number of aliphatic hydroxyl groups is 2. The number of ketones is 3. The summed E-state index contributed by atoms with van der Waals surface area (Å²) in [5.41, 5.74) is -5.61. The van der Waals surface area contributed by atoms with Gasteiger partial charge in [0, 0.05) is 35.1 Å². The van der Waals surface area contributed by atoms with Gasteiger partial charge in [0.05, 0.1) is 18.0 Å². The molecule has 1 aromatic carbocycles. The van der Waals surface area contributed by atoms with Gasteiger partial charge in [-0.1, -0.05) is 49.2 Å². The van der Waals surface area contributed by atoms with Crippen molar-refractivity contribution in [3.8, 4) is 5.69 Å². The number of carbonyl (C=O) groups is 5. The molecule has 3 fully saturated rings. The summed E-state index contributed by atoms with van der Waals surface area (Å²) in [5.74, 6) is -4.20. The van der Waals surface area contributed by atoms with Crippen LogP contribution < -0.4 is 0 Å². The van der Waals surface area contributed by atoms with E-state index in [0.29, 0.717) is 17.1 Å². The molecule has 6 rings (SSSR count). The number of ether oxygens (including phenoxy) is 2. The second kappa shape index (κ2) is 13.1. The van der Waals surface area contributed by atoms with Crippen LogP contribution in [0.15, 0.2) is 54.3 Å². The molecule has 0 bridgehead atoms. The van der Waals surface area contributed by atoms with Crippen molar-refractivity contribution in [2.45, 2.75) is 111 Å². The van der Waals surface area contributed by atoms with Crippen molar-refractivity contribution in [2.24, 2.45) is 39.4 Å². The molecule has 0 aliphatic heterocycles. The highest BCUT2D eigenvalue weighted by atomic mass is 35.5. The maximum Gasteiger partial charge on any atom is 0.361 e. The maximum absolute atomic E-state index is 14.8. The number of nitrogens with zero attached hydrogens (tertiary/aromatic N) is 3. The second-order valence-electron chi connectivity index (χ2n) is 17.7. The Labute approximate surface area is 320 Å². The summed E-state index contributed by atoms with van der Waals surface area (Å²) >= 11 is 6.00. The molecule has 0 radical (unpaired) electrons. The van der Waals surface area contributed by atoms with E-state index in [4.69, 9.17) is 21.1 Å². The number of hydrogen-bond donors (Lipinski definition) is 2. The lowest BCUT2D eigenvalue weighted by Gasteiger charge is -2.64. The fourth-order valence-electron chi connectivity index (χ4n) is 10.7. The Bertz CT molecular complexity index is 1980. The summed E-state index contributed by atoms with van der Waals surface area (Å²) in [6, 6.07) is 6.80. The number of aliphatic hydroxyl groups excluding tert-OH is 1. The SMILES string of the molecule is CC(=O)OC(C)(C)/C=C/C(=O)[C@](C)(O)[C@H]1[C@H](O)C[C@@]2(C)[C@@H]3CC=C4[C@@H](C[C@H](OC(=O)c5cn(-c6ccc(Cl)cc6)nn5)C(=O)C4(C)C)[C@]3(C)C(=O)C[C@]12C. The Kier molecular flexibility index (Phi) is 9.59. The Morgan fingerprint density at radius 1 is 1.04 bits per heavy atom. The Balaban J connectivity index is 1.29. The van der Waals surface area contributed by atoms with Gasteiger partial charge in [0.2, 0.25) is 0 Å². The van der Waals surface area contributed by atoms with Crippen LogP contribution in [0.1, 0.15) is 98.5 Å². The number of halogens is 1. The summed E-state index contributed by atoms with van der Waals surface area (Å²) < 4.78 is 12.6. The molecular weight excluding hydrogens is 714 g/mol. The Hall–Kier alpha value is -4.00. The average molecular weight is 764 g/mol. The third-order valence-corrected chi connectivity index (χ3v) is 13.8.